The molecular weight excluding hydrogens is 343 g/mol. The predicted octanol–water partition coefficient (Wildman–Crippen LogP) is 4.65. The van der Waals surface area contributed by atoms with Gasteiger partial charge in [0, 0.05) is 5.56 Å². The van der Waals surface area contributed by atoms with Crippen LogP contribution < -0.4 is 14.8 Å². The van der Waals surface area contributed by atoms with Crippen molar-refractivity contribution in [1.29, 1.82) is 0 Å². The van der Waals surface area contributed by atoms with Gasteiger partial charge >= 0.3 is 6.36 Å². The van der Waals surface area contributed by atoms with E-state index in [1.807, 2.05) is 0 Å². The van der Waals surface area contributed by atoms with Crippen LogP contribution in [0.15, 0.2) is 18.2 Å². The Kier molecular flexibility index (Phi) is 6.63. The van der Waals surface area contributed by atoms with Crippen LogP contribution in [0.3, 0.4) is 0 Å². The van der Waals surface area contributed by atoms with E-state index in [0.29, 0.717) is 18.3 Å². The molecule has 0 unspecified atom stereocenters. The molecule has 2 aliphatic rings. The molecule has 1 aliphatic heterocycles. The zero-order chi connectivity index (χ0) is 16.3. The van der Waals surface area contributed by atoms with Crippen molar-refractivity contribution in [2.24, 2.45) is 5.92 Å². The van der Waals surface area contributed by atoms with Gasteiger partial charge in [-0.1, -0.05) is 6.42 Å². The molecule has 1 N–H and O–H groups in total. The van der Waals surface area contributed by atoms with Gasteiger partial charge in [-0.2, -0.15) is 0 Å². The van der Waals surface area contributed by atoms with Crippen molar-refractivity contribution >= 4 is 12.4 Å². The third kappa shape index (κ3) is 5.18. The molecule has 0 aromatic heterocycles. The SMILES string of the molecule is Cl.FC(F)(F)Oc1ccc(OCC2CCC2)c(C2CCNCC2)c1. The van der Waals surface area contributed by atoms with Crippen molar-refractivity contribution in [2.75, 3.05) is 19.7 Å². The Bertz CT molecular complexity index is 529. The van der Waals surface area contributed by atoms with Crippen molar-refractivity contribution in [3.05, 3.63) is 23.8 Å². The van der Waals surface area contributed by atoms with Crippen LogP contribution in [0.5, 0.6) is 11.5 Å². The Morgan fingerprint density at radius 2 is 1.79 bits per heavy atom. The maximum atomic E-state index is 12.5. The predicted molar refractivity (Wildman–Crippen MR) is 88.1 cm³/mol. The fourth-order valence-corrected chi connectivity index (χ4v) is 3.17. The van der Waals surface area contributed by atoms with E-state index in [2.05, 4.69) is 10.1 Å². The molecule has 0 atom stereocenters. The summed E-state index contributed by atoms with van der Waals surface area (Å²) in [5.41, 5.74) is 0.840. The van der Waals surface area contributed by atoms with Crippen LogP contribution in [0.25, 0.3) is 0 Å². The first kappa shape index (κ1) is 19.2. The molecule has 1 saturated carbocycles. The highest BCUT2D eigenvalue weighted by atomic mass is 35.5. The summed E-state index contributed by atoms with van der Waals surface area (Å²) in [4.78, 5) is 0. The quantitative estimate of drug-likeness (QED) is 0.823. The third-order valence-electron chi connectivity index (χ3n) is 4.69. The highest BCUT2D eigenvalue weighted by molar-refractivity contribution is 5.85. The zero-order valence-electron chi connectivity index (χ0n) is 13.4. The minimum Gasteiger partial charge on any atom is -0.493 e. The van der Waals surface area contributed by atoms with Gasteiger partial charge in [0.15, 0.2) is 0 Å². The Balaban J connectivity index is 0.00000208. The van der Waals surface area contributed by atoms with Crippen molar-refractivity contribution < 1.29 is 22.6 Å². The molecule has 2 fully saturated rings. The number of rotatable bonds is 5. The Morgan fingerprint density at radius 3 is 2.38 bits per heavy atom. The van der Waals surface area contributed by atoms with E-state index in [0.717, 1.165) is 31.5 Å². The van der Waals surface area contributed by atoms with Crippen LogP contribution >= 0.6 is 12.4 Å². The number of alkyl halides is 3. The number of benzene rings is 1. The van der Waals surface area contributed by atoms with E-state index in [9.17, 15) is 13.2 Å². The van der Waals surface area contributed by atoms with Crippen molar-refractivity contribution in [1.82, 2.24) is 5.32 Å². The largest absolute Gasteiger partial charge is 0.573 e. The first-order chi connectivity index (χ1) is 11.0. The van der Waals surface area contributed by atoms with E-state index >= 15 is 0 Å². The maximum absolute atomic E-state index is 12.5. The summed E-state index contributed by atoms with van der Waals surface area (Å²) in [6, 6.07) is 4.46. The van der Waals surface area contributed by atoms with Crippen LogP contribution in [0.4, 0.5) is 13.2 Å². The summed E-state index contributed by atoms with van der Waals surface area (Å²) in [6.45, 7) is 2.39. The van der Waals surface area contributed by atoms with Crippen molar-refractivity contribution in [3.63, 3.8) is 0 Å². The van der Waals surface area contributed by atoms with Gasteiger partial charge in [0.1, 0.15) is 11.5 Å². The summed E-state index contributed by atoms with van der Waals surface area (Å²) in [5, 5.41) is 3.27. The molecule has 0 spiro atoms. The first-order valence-corrected chi connectivity index (χ1v) is 8.24. The second kappa shape index (κ2) is 8.30. The van der Waals surface area contributed by atoms with Crippen LogP contribution in [0.2, 0.25) is 0 Å². The zero-order valence-corrected chi connectivity index (χ0v) is 14.2. The van der Waals surface area contributed by atoms with E-state index in [4.69, 9.17) is 4.74 Å². The number of ether oxygens (including phenoxy) is 2. The molecule has 0 radical (unpaired) electrons. The topological polar surface area (TPSA) is 30.5 Å². The number of halogens is 4. The Hall–Kier alpha value is -1.14. The van der Waals surface area contributed by atoms with Crippen LogP contribution in [-0.4, -0.2) is 26.1 Å². The van der Waals surface area contributed by atoms with Crippen molar-refractivity contribution in [3.8, 4) is 11.5 Å². The highest BCUT2D eigenvalue weighted by Gasteiger charge is 2.32. The lowest BCUT2D eigenvalue weighted by Crippen LogP contribution is -2.27. The van der Waals surface area contributed by atoms with Crippen LogP contribution in [0.1, 0.15) is 43.6 Å². The van der Waals surface area contributed by atoms with Gasteiger partial charge in [0.2, 0.25) is 0 Å². The summed E-state index contributed by atoms with van der Waals surface area (Å²) in [6.07, 6.45) is 0.730. The van der Waals surface area contributed by atoms with Gasteiger partial charge in [-0.15, -0.1) is 25.6 Å². The number of nitrogens with one attached hydrogen (secondary N) is 1. The van der Waals surface area contributed by atoms with E-state index < -0.39 is 6.36 Å². The Morgan fingerprint density at radius 1 is 1.08 bits per heavy atom. The average molecular weight is 366 g/mol. The molecule has 1 heterocycles. The second-order valence-corrected chi connectivity index (χ2v) is 6.38. The second-order valence-electron chi connectivity index (χ2n) is 6.38. The van der Waals surface area contributed by atoms with Gasteiger partial charge < -0.3 is 14.8 Å². The van der Waals surface area contributed by atoms with Crippen molar-refractivity contribution in [2.45, 2.75) is 44.4 Å². The number of hydrogen-bond acceptors (Lipinski definition) is 3. The number of hydrogen-bond donors (Lipinski definition) is 1. The molecular formula is C17H23ClF3NO2. The molecule has 0 bridgehead atoms. The molecule has 1 aromatic carbocycles. The first-order valence-electron chi connectivity index (χ1n) is 8.24. The molecule has 3 rings (SSSR count). The molecule has 3 nitrogen and oxygen atoms in total. The maximum Gasteiger partial charge on any atom is 0.573 e. The van der Waals surface area contributed by atoms with E-state index in [-0.39, 0.29) is 24.1 Å². The lowest BCUT2D eigenvalue weighted by molar-refractivity contribution is -0.274. The van der Waals surface area contributed by atoms with Gasteiger partial charge in [-0.25, -0.2) is 0 Å². The summed E-state index contributed by atoms with van der Waals surface area (Å²) in [5.74, 6) is 1.34. The molecule has 0 amide bonds. The average Bonchev–Trinajstić information content (AvgIpc) is 2.46. The molecule has 136 valence electrons. The summed E-state index contributed by atoms with van der Waals surface area (Å²) < 4.78 is 47.4. The molecule has 1 aliphatic carbocycles. The lowest BCUT2D eigenvalue weighted by atomic mass is 9.86. The monoisotopic (exact) mass is 365 g/mol. The standard InChI is InChI=1S/C17H22F3NO2.ClH/c18-17(19,20)23-14-4-5-16(22-11-12-2-1-3-12)15(10-14)13-6-8-21-9-7-13;/h4-5,10,12-13,21H,1-3,6-9,11H2;1H. The molecule has 7 heteroatoms. The van der Waals surface area contributed by atoms with E-state index in [1.165, 1.54) is 31.4 Å². The van der Waals surface area contributed by atoms with Crippen LogP contribution in [-0.2, 0) is 0 Å². The molecule has 24 heavy (non-hydrogen) atoms. The van der Waals surface area contributed by atoms with Gasteiger partial charge in [-0.05, 0) is 68.8 Å². The van der Waals surface area contributed by atoms with Gasteiger partial charge in [0.25, 0.3) is 0 Å². The van der Waals surface area contributed by atoms with Gasteiger partial charge in [0.05, 0.1) is 6.61 Å². The lowest BCUT2D eigenvalue weighted by Gasteiger charge is -2.28. The normalized spacial score (nSPS) is 19.3. The number of piperidine rings is 1. The summed E-state index contributed by atoms with van der Waals surface area (Å²) >= 11 is 0. The van der Waals surface area contributed by atoms with E-state index in [1.54, 1.807) is 6.07 Å². The van der Waals surface area contributed by atoms with Crippen LogP contribution in [0, 0.1) is 5.92 Å². The molecule has 1 saturated heterocycles. The fourth-order valence-electron chi connectivity index (χ4n) is 3.17. The molecule has 1 aromatic rings. The minimum absolute atomic E-state index is 0. The highest BCUT2D eigenvalue weighted by Crippen LogP contribution is 2.37. The summed E-state index contributed by atoms with van der Waals surface area (Å²) in [7, 11) is 0. The van der Waals surface area contributed by atoms with Gasteiger partial charge in [-0.3, -0.25) is 0 Å². The third-order valence-corrected chi connectivity index (χ3v) is 4.69. The fraction of sp³-hybridized carbons (Fsp3) is 0.647. The minimum atomic E-state index is -4.67. The smallest absolute Gasteiger partial charge is 0.493 e. The Labute approximate surface area is 146 Å².